The number of rotatable bonds is 3. The van der Waals surface area contributed by atoms with Crippen LogP contribution in [0.3, 0.4) is 0 Å². The third-order valence-electron chi connectivity index (χ3n) is 1.90. The lowest BCUT2D eigenvalue weighted by Crippen LogP contribution is -2.09. The normalized spacial score (nSPS) is 12.7. The van der Waals surface area contributed by atoms with Crippen molar-refractivity contribution in [3.05, 3.63) is 41.5 Å². The molecule has 0 bridgehead atoms. The van der Waals surface area contributed by atoms with E-state index in [1.807, 2.05) is 31.2 Å². The number of nitrogens with two attached hydrogens (primary N) is 1. The van der Waals surface area contributed by atoms with E-state index in [-0.39, 0.29) is 12.0 Å². The standard InChI is InChI=1S/C12H15NO2/c1-9(13)6-7-10-4-3-5-11(8-10)12(14)15-2/h3-9H,13H2,1-2H3/b7-6+. The van der Waals surface area contributed by atoms with Crippen molar-refractivity contribution < 1.29 is 9.53 Å². The molecule has 1 unspecified atom stereocenters. The van der Waals surface area contributed by atoms with Crippen LogP contribution in [0.1, 0.15) is 22.8 Å². The summed E-state index contributed by atoms with van der Waals surface area (Å²) in [6, 6.07) is 7.21. The number of hydrogen-bond acceptors (Lipinski definition) is 3. The van der Waals surface area contributed by atoms with Gasteiger partial charge in [0, 0.05) is 6.04 Å². The van der Waals surface area contributed by atoms with Gasteiger partial charge in [-0.05, 0) is 24.6 Å². The number of carbonyl (C=O) groups excluding carboxylic acids is 1. The Labute approximate surface area is 89.5 Å². The molecule has 0 saturated carbocycles. The second-order valence-corrected chi connectivity index (χ2v) is 3.34. The maximum Gasteiger partial charge on any atom is 0.337 e. The maximum atomic E-state index is 11.2. The van der Waals surface area contributed by atoms with E-state index in [1.54, 1.807) is 12.1 Å². The van der Waals surface area contributed by atoms with Gasteiger partial charge >= 0.3 is 5.97 Å². The molecule has 3 nitrogen and oxygen atoms in total. The molecule has 2 N–H and O–H groups in total. The van der Waals surface area contributed by atoms with E-state index in [0.29, 0.717) is 5.56 Å². The second-order valence-electron chi connectivity index (χ2n) is 3.34. The summed E-state index contributed by atoms with van der Waals surface area (Å²) in [5, 5.41) is 0. The van der Waals surface area contributed by atoms with Gasteiger partial charge in [-0.1, -0.05) is 24.3 Å². The lowest BCUT2D eigenvalue weighted by atomic mass is 10.1. The summed E-state index contributed by atoms with van der Waals surface area (Å²) >= 11 is 0. The van der Waals surface area contributed by atoms with E-state index >= 15 is 0 Å². The lowest BCUT2D eigenvalue weighted by Gasteiger charge is -2.00. The molecule has 0 spiro atoms. The highest BCUT2D eigenvalue weighted by Gasteiger charge is 2.03. The molecule has 1 aromatic carbocycles. The summed E-state index contributed by atoms with van der Waals surface area (Å²) in [6.07, 6.45) is 3.76. The van der Waals surface area contributed by atoms with Crippen molar-refractivity contribution >= 4 is 12.0 Å². The van der Waals surface area contributed by atoms with Crippen LogP contribution in [-0.2, 0) is 4.74 Å². The molecule has 0 heterocycles. The van der Waals surface area contributed by atoms with Crippen molar-refractivity contribution in [1.82, 2.24) is 0 Å². The van der Waals surface area contributed by atoms with Gasteiger partial charge in [-0.25, -0.2) is 4.79 Å². The Kier molecular flexibility index (Phi) is 4.06. The van der Waals surface area contributed by atoms with Gasteiger partial charge in [-0.2, -0.15) is 0 Å². The van der Waals surface area contributed by atoms with E-state index in [9.17, 15) is 4.79 Å². The van der Waals surface area contributed by atoms with Gasteiger partial charge < -0.3 is 10.5 Å². The first-order chi connectivity index (χ1) is 7.13. The van der Waals surface area contributed by atoms with Gasteiger partial charge in [-0.15, -0.1) is 0 Å². The summed E-state index contributed by atoms with van der Waals surface area (Å²) in [4.78, 5) is 11.2. The van der Waals surface area contributed by atoms with Crippen molar-refractivity contribution in [3.63, 3.8) is 0 Å². The average Bonchev–Trinajstić information content (AvgIpc) is 2.25. The van der Waals surface area contributed by atoms with E-state index < -0.39 is 0 Å². The zero-order valence-electron chi connectivity index (χ0n) is 8.94. The fourth-order valence-electron chi connectivity index (χ4n) is 1.15. The van der Waals surface area contributed by atoms with Crippen LogP contribution in [0.2, 0.25) is 0 Å². The van der Waals surface area contributed by atoms with Crippen LogP contribution in [0.25, 0.3) is 6.08 Å². The minimum atomic E-state index is -0.328. The van der Waals surface area contributed by atoms with Crippen molar-refractivity contribution in [1.29, 1.82) is 0 Å². The molecule has 0 aliphatic carbocycles. The molecule has 1 aromatic rings. The zero-order chi connectivity index (χ0) is 11.3. The first kappa shape index (κ1) is 11.5. The largest absolute Gasteiger partial charge is 0.465 e. The quantitative estimate of drug-likeness (QED) is 0.766. The number of methoxy groups -OCH3 is 1. The SMILES string of the molecule is COC(=O)c1cccc(/C=C/C(C)N)c1. The third kappa shape index (κ3) is 3.56. The number of hydrogen-bond donors (Lipinski definition) is 1. The molecule has 1 atom stereocenters. The highest BCUT2D eigenvalue weighted by Crippen LogP contribution is 2.08. The average molecular weight is 205 g/mol. The molecule has 1 rings (SSSR count). The number of carbonyl (C=O) groups is 1. The predicted octanol–water partition coefficient (Wildman–Crippen LogP) is 1.83. The van der Waals surface area contributed by atoms with Gasteiger partial charge in [0.15, 0.2) is 0 Å². The van der Waals surface area contributed by atoms with Gasteiger partial charge in [-0.3, -0.25) is 0 Å². The fraction of sp³-hybridized carbons (Fsp3) is 0.250. The molecule has 0 amide bonds. The molecule has 0 aliphatic rings. The molecule has 0 aromatic heterocycles. The van der Waals surface area contributed by atoms with Crippen LogP contribution < -0.4 is 5.73 Å². The Morgan fingerprint density at radius 2 is 2.27 bits per heavy atom. The van der Waals surface area contributed by atoms with Gasteiger partial charge in [0.25, 0.3) is 0 Å². The molecule has 0 saturated heterocycles. The summed E-state index contributed by atoms with van der Waals surface area (Å²) < 4.78 is 4.63. The van der Waals surface area contributed by atoms with Crippen LogP contribution in [0.5, 0.6) is 0 Å². The smallest absolute Gasteiger partial charge is 0.337 e. The van der Waals surface area contributed by atoms with Crippen LogP contribution in [0.15, 0.2) is 30.3 Å². The van der Waals surface area contributed by atoms with E-state index in [2.05, 4.69) is 4.74 Å². The zero-order valence-corrected chi connectivity index (χ0v) is 8.94. The summed E-state index contributed by atoms with van der Waals surface area (Å²) in [6.45, 7) is 1.89. The molecule has 3 heteroatoms. The Bertz CT molecular complexity index is 370. The first-order valence-electron chi connectivity index (χ1n) is 4.75. The van der Waals surface area contributed by atoms with Crippen molar-refractivity contribution in [2.45, 2.75) is 13.0 Å². The van der Waals surface area contributed by atoms with Crippen LogP contribution in [-0.4, -0.2) is 19.1 Å². The van der Waals surface area contributed by atoms with Gasteiger partial charge in [0.05, 0.1) is 12.7 Å². The number of ether oxygens (including phenoxy) is 1. The van der Waals surface area contributed by atoms with Crippen LogP contribution in [0.4, 0.5) is 0 Å². The number of benzene rings is 1. The summed E-state index contributed by atoms with van der Waals surface area (Å²) in [7, 11) is 1.37. The molecule has 0 aliphatic heterocycles. The number of esters is 1. The van der Waals surface area contributed by atoms with Crippen molar-refractivity contribution in [2.24, 2.45) is 5.73 Å². The second kappa shape index (κ2) is 5.32. The molecule has 15 heavy (non-hydrogen) atoms. The molecule has 0 fully saturated rings. The third-order valence-corrected chi connectivity index (χ3v) is 1.90. The fourth-order valence-corrected chi connectivity index (χ4v) is 1.15. The van der Waals surface area contributed by atoms with Crippen molar-refractivity contribution in [3.8, 4) is 0 Å². The van der Waals surface area contributed by atoms with E-state index in [4.69, 9.17) is 5.73 Å². The minimum absolute atomic E-state index is 0.00628. The Balaban J connectivity index is 2.88. The predicted molar refractivity (Wildman–Crippen MR) is 60.5 cm³/mol. The molecular weight excluding hydrogens is 190 g/mol. The highest BCUT2D eigenvalue weighted by molar-refractivity contribution is 5.89. The van der Waals surface area contributed by atoms with E-state index in [1.165, 1.54) is 7.11 Å². The van der Waals surface area contributed by atoms with Crippen LogP contribution >= 0.6 is 0 Å². The molecular formula is C12H15NO2. The summed E-state index contributed by atoms with van der Waals surface area (Å²) in [5.74, 6) is -0.328. The van der Waals surface area contributed by atoms with E-state index in [0.717, 1.165) is 5.56 Å². The molecule has 0 radical (unpaired) electrons. The summed E-state index contributed by atoms with van der Waals surface area (Å²) in [5.41, 5.74) is 7.07. The van der Waals surface area contributed by atoms with Crippen molar-refractivity contribution in [2.75, 3.05) is 7.11 Å². The Morgan fingerprint density at radius 1 is 1.53 bits per heavy atom. The maximum absolute atomic E-state index is 11.2. The Morgan fingerprint density at radius 3 is 2.87 bits per heavy atom. The van der Waals surface area contributed by atoms with Crippen LogP contribution in [0, 0.1) is 0 Å². The highest BCUT2D eigenvalue weighted by atomic mass is 16.5. The van der Waals surface area contributed by atoms with Gasteiger partial charge in [0.1, 0.15) is 0 Å². The van der Waals surface area contributed by atoms with Gasteiger partial charge in [0.2, 0.25) is 0 Å². The Hall–Kier alpha value is -1.61. The first-order valence-corrected chi connectivity index (χ1v) is 4.75. The minimum Gasteiger partial charge on any atom is -0.465 e. The molecule has 80 valence electrons. The monoisotopic (exact) mass is 205 g/mol. The lowest BCUT2D eigenvalue weighted by molar-refractivity contribution is 0.0600. The topological polar surface area (TPSA) is 52.3 Å².